The van der Waals surface area contributed by atoms with Crippen molar-refractivity contribution < 1.29 is 36.2 Å². The molecular formula is C16H10F6N2O4S. The van der Waals surface area contributed by atoms with Crippen molar-refractivity contribution >= 4 is 23.1 Å². The normalized spacial score (nSPS) is 12.1. The number of para-hydroxylation sites is 2. The highest BCUT2D eigenvalue weighted by molar-refractivity contribution is 7.99. The predicted octanol–water partition coefficient (Wildman–Crippen LogP) is 5.86. The van der Waals surface area contributed by atoms with Crippen molar-refractivity contribution in [2.24, 2.45) is 0 Å². The second-order valence-corrected chi connectivity index (χ2v) is 6.81. The van der Waals surface area contributed by atoms with Gasteiger partial charge in [0.2, 0.25) is 0 Å². The molecule has 0 aliphatic rings. The fraction of sp³-hybridized carbons (Fsp3) is 0.250. The van der Waals surface area contributed by atoms with E-state index in [0.29, 0.717) is 11.8 Å². The third-order valence-corrected chi connectivity index (χ3v) is 4.63. The lowest BCUT2D eigenvalue weighted by Gasteiger charge is -2.12. The second-order valence-electron chi connectivity index (χ2n) is 5.73. The number of halogens is 6. The molecule has 0 aliphatic heterocycles. The van der Waals surface area contributed by atoms with Crippen molar-refractivity contribution in [1.29, 1.82) is 0 Å². The molecule has 2 aromatic carbocycles. The number of hydrogen-bond donors (Lipinski definition) is 0. The molecule has 2 aromatic rings. The Morgan fingerprint density at radius 1 is 0.724 bits per heavy atom. The molecule has 0 N–H and O–H groups in total. The van der Waals surface area contributed by atoms with E-state index in [2.05, 4.69) is 0 Å². The number of hydrogen-bond acceptors (Lipinski definition) is 5. The van der Waals surface area contributed by atoms with Crippen LogP contribution in [0.4, 0.5) is 37.7 Å². The van der Waals surface area contributed by atoms with Crippen LogP contribution in [0.2, 0.25) is 0 Å². The Hall–Kier alpha value is -2.83. The number of nitro groups is 2. The van der Waals surface area contributed by atoms with Crippen LogP contribution in [0.1, 0.15) is 11.1 Å². The largest absolute Gasteiger partial charge is 0.393 e. The molecule has 0 heterocycles. The Morgan fingerprint density at radius 2 is 1.07 bits per heavy atom. The number of benzene rings is 2. The summed E-state index contributed by atoms with van der Waals surface area (Å²) >= 11 is 0.360. The van der Waals surface area contributed by atoms with Gasteiger partial charge in [-0.05, 0) is 12.1 Å². The summed E-state index contributed by atoms with van der Waals surface area (Å²) in [5.74, 6) is 0. The Labute approximate surface area is 162 Å². The van der Waals surface area contributed by atoms with E-state index >= 15 is 0 Å². The predicted molar refractivity (Wildman–Crippen MR) is 89.8 cm³/mol. The molecule has 0 saturated carbocycles. The average Bonchev–Trinajstić information content (AvgIpc) is 2.51. The van der Waals surface area contributed by atoms with Crippen LogP contribution in [0.3, 0.4) is 0 Å². The van der Waals surface area contributed by atoms with Gasteiger partial charge in [-0.3, -0.25) is 20.2 Å². The third kappa shape index (κ3) is 6.07. The maximum absolute atomic E-state index is 12.7. The molecule has 13 heteroatoms. The zero-order valence-electron chi connectivity index (χ0n) is 14.1. The van der Waals surface area contributed by atoms with Crippen molar-refractivity contribution in [3.63, 3.8) is 0 Å². The first kappa shape index (κ1) is 22.5. The molecule has 0 fully saturated rings. The molecule has 0 bridgehead atoms. The van der Waals surface area contributed by atoms with E-state index in [4.69, 9.17) is 0 Å². The topological polar surface area (TPSA) is 86.3 Å². The third-order valence-electron chi connectivity index (χ3n) is 3.53. The Balaban J connectivity index is 2.57. The van der Waals surface area contributed by atoms with E-state index in [1.807, 2.05) is 0 Å². The summed E-state index contributed by atoms with van der Waals surface area (Å²) < 4.78 is 76.2. The maximum Gasteiger partial charge on any atom is 0.393 e. The summed E-state index contributed by atoms with van der Waals surface area (Å²) in [4.78, 5) is 19.8. The lowest BCUT2D eigenvalue weighted by Crippen LogP contribution is -2.13. The molecule has 6 nitrogen and oxygen atoms in total. The molecule has 0 aromatic heterocycles. The van der Waals surface area contributed by atoms with Crippen molar-refractivity contribution in [3.8, 4) is 0 Å². The second kappa shape index (κ2) is 8.27. The first-order chi connectivity index (χ1) is 13.3. The SMILES string of the molecule is O=[N+]([O-])c1c(CC(F)(F)F)cccc1Sc1cccc(CC(F)(F)F)c1[N+](=O)[O-]. The summed E-state index contributed by atoms with van der Waals surface area (Å²) in [6, 6.07) is 6.13. The smallest absolute Gasteiger partial charge is 0.258 e. The highest BCUT2D eigenvalue weighted by Gasteiger charge is 2.35. The van der Waals surface area contributed by atoms with Crippen molar-refractivity contribution in [2.75, 3.05) is 0 Å². The van der Waals surface area contributed by atoms with Gasteiger partial charge in [-0.2, -0.15) is 26.3 Å². The standard InChI is InChI=1S/C16H10F6N2O4S/c17-15(18,19)7-9-3-1-5-11(13(9)23(25)26)29-12-6-2-4-10(8-16(20,21)22)14(12)24(27)28/h1-6H,7-8H2. The van der Waals surface area contributed by atoms with Gasteiger partial charge in [0, 0.05) is 11.1 Å². The van der Waals surface area contributed by atoms with Gasteiger partial charge < -0.3 is 0 Å². The summed E-state index contributed by atoms with van der Waals surface area (Å²) in [6.07, 6.45) is -12.7. The van der Waals surface area contributed by atoms with E-state index in [9.17, 15) is 46.6 Å². The van der Waals surface area contributed by atoms with Gasteiger partial charge in [-0.25, -0.2) is 0 Å². The number of nitrogens with zero attached hydrogens (tertiary/aromatic N) is 2. The molecule has 0 radical (unpaired) electrons. The van der Waals surface area contributed by atoms with Gasteiger partial charge in [0.1, 0.15) is 0 Å². The van der Waals surface area contributed by atoms with Crippen LogP contribution in [0.5, 0.6) is 0 Å². The van der Waals surface area contributed by atoms with Crippen LogP contribution >= 0.6 is 11.8 Å². The summed E-state index contributed by atoms with van der Waals surface area (Å²) in [6.45, 7) is 0. The van der Waals surface area contributed by atoms with Gasteiger partial charge in [-0.15, -0.1) is 0 Å². The van der Waals surface area contributed by atoms with E-state index in [1.54, 1.807) is 0 Å². The van der Waals surface area contributed by atoms with Gasteiger partial charge >= 0.3 is 12.4 Å². The highest BCUT2D eigenvalue weighted by Crippen LogP contribution is 2.43. The molecule has 0 saturated heterocycles. The zero-order chi connectivity index (χ0) is 22.0. The molecule has 29 heavy (non-hydrogen) atoms. The van der Waals surface area contributed by atoms with E-state index in [0.717, 1.165) is 36.4 Å². The van der Waals surface area contributed by atoms with Gasteiger partial charge in [0.05, 0.1) is 32.5 Å². The number of alkyl halides is 6. The van der Waals surface area contributed by atoms with E-state index in [1.165, 1.54) is 0 Å². The number of rotatable bonds is 6. The fourth-order valence-electron chi connectivity index (χ4n) is 2.55. The monoisotopic (exact) mass is 440 g/mol. The average molecular weight is 440 g/mol. The van der Waals surface area contributed by atoms with Crippen molar-refractivity contribution in [3.05, 3.63) is 67.8 Å². The first-order valence-corrected chi connectivity index (χ1v) is 8.44. The quantitative estimate of drug-likeness (QED) is 0.319. The highest BCUT2D eigenvalue weighted by atomic mass is 32.2. The minimum absolute atomic E-state index is 0.357. The molecule has 0 amide bonds. The van der Waals surface area contributed by atoms with Crippen LogP contribution in [0.25, 0.3) is 0 Å². The van der Waals surface area contributed by atoms with Crippen LogP contribution in [-0.2, 0) is 12.8 Å². The van der Waals surface area contributed by atoms with Crippen LogP contribution < -0.4 is 0 Å². The lowest BCUT2D eigenvalue weighted by molar-refractivity contribution is -0.389. The lowest BCUT2D eigenvalue weighted by atomic mass is 10.1. The zero-order valence-corrected chi connectivity index (χ0v) is 14.9. The summed E-state index contributed by atoms with van der Waals surface area (Å²) in [5.41, 5.74) is -3.15. The number of nitro benzene ring substituents is 2. The van der Waals surface area contributed by atoms with Gasteiger partial charge in [0.25, 0.3) is 11.4 Å². The fourth-order valence-corrected chi connectivity index (χ4v) is 3.69. The van der Waals surface area contributed by atoms with Gasteiger partial charge in [0.15, 0.2) is 0 Å². The van der Waals surface area contributed by atoms with Crippen molar-refractivity contribution in [1.82, 2.24) is 0 Å². The minimum Gasteiger partial charge on any atom is -0.258 e. The molecule has 2 rings (SSSR count). The molecule has 0 aliphatic carbocycles. The first-order valence-electron chi connectivity index (χ1n) is 7.62. The van der Waals surface area contributed by atoms with E-state index < -0.39 is 57.5 Å². The molecule has 0 unspecified atom stereocenters. The molecular weight excluding hydrogens is 430 g/mol. The van der Waals surface area contributed by atoms with Gasteiger partial charge in [-0.1, -0.05) is 36.0 Å². The Kier molecular flexibility index (Phi) is 6.40. The molecule has 156 valence electrons. The van der Waals surface area contributed by atoms with Crippen LogP contribution in [-0.4, -0.2) is 22.2 Å². The van der Waals surface area contributed by atoms with Crippen LogP contribution in [0.15, 0.2) is 46.2 Å². The Bertz CT molecular complexity index is 870. The van der Waals surface area contributed by atoms with Crippen molar-refractivity contribution in [2.45, 2.75) is 35.0 Å². The minimum atomic E-state index is -4.74. The summed E-state index contributed by atoms with van der Waals surface area (Å²) in [5, 5.41) is 22.7. The van der Waals surface area contributed by atoms with Crippen LogP contribution in [0, 0.1) is 20.2 Å². The summed E-state index contributed by atoms with van der Waals surface area (Å²) in [7, 11) is 0. The maximum atomic E-state index is 12.7. The molecule has 0 atom stereocenters. The molecule has 0 spiro atoms. The van der Waals surface area contributed by atoms with E-state index in [-0.39, 0.29) is 9.79 Å². The Morgan fingerprint density at radius 3 is 1.34 bits per heavy atom.